The molecule has 4 rings (SSSR count). The average molecular weight is 353 g/mol. The molecule has 3 aromatic heterocycles. The van der Waals surface area contributed by atoms with E-state index in [2.05, 4.69) is 9.97 Å². The highest BCUT2D eigenvalue weighted by atomic mass is 32.1. The van der Waals surface area contributed by atoms with Crippen molar-refractivity contribution in [2.45, 2.75) is 6.92 Å². The standard InChI is InChI=1S/C18H12FN3O2S/c1-10-14-16(25-15(10)11-6-8-20-9-7-11)21-18(24)22(17(14)23)13-4-2-12(19)3-5-13/h2-9H,1H3,(H,21,24). The molecule has 0 aliphatic carbocycles. The molecule has 124 valence electrons. The van der Waals surface area contributed by atoms with Gasteiger partial charge in [0.2, 0.25) is 0 Å². The van der Waals surface area contributed by atoms with Gasteiger partial charge in [-0.25, -0.2) is 13.8 Å². The molecular formula is C18H12FN3O2S. The molecule has 0 aliphatic rings. The van der Waals surface area contributed by atoms with Crippen LogP contribution in [0.15, 0.2) is 58.4 Å². The smallest absolute Gasteiger partial charge is 0.298 e. The molecular weight excluding hydrogens is 341 g/mol. The first-order valence-corrected chi connectivity index (χ1v) is 8.32. The zero-order valence-electron chi connectivity index (χ0n) is 13.1. The Balaban J connectivity index is 2.03. The van der Waals surface area contributed by atoms with Crippen molar-refractivity contribution < 1.29 is 4.39 Å². The highest BCUT2D eigenvalue weighted by Gasteiger charge is 2.17. The molecule has 25 heavy (non-hydrogen) atoms. The Labute approximate surface area is 145 Å². The van der Waals surface area contributed by atoms with Gasteiger partial charge in [-0.3, -0.25) is 14.8 Å². The molecule has 4 aromatic rings. The van der Waals surface area contributed by atoms with Gasteiger partial charge in [0.05, 0.1) is 11.1 Å². The summed E-state index contributed by atoms with van der Waals surface area (Å²) in [6.45, 7) is 1.85. The van der Waals surface area contributed by atoms with Crippen LogP contribution in [-0.4, -0.2) is 14.5 Å². The first-order valence-electron chi connectivity index (χ1n) is 7.51. The Hall–Kier alpha value is -3.06. The molecule has 0 radical (unpaired) electrons. The van der Waals surface area contributed by atoms with E-state index in [9.17, 15) is 14.0 Å². The number of aromatic nitrogens is 3. The number of fused-ring (bicyclic) bond motifs is 1. The second kappa shape index (κ2) is 5.78. The van der Waals surface area contributed by atoms with Crippen molar-refractivity contribution in [1.82, 2.24) is 14.5 Å². The fourth-order valence-electron chi connectivity index (χ4n) is 2.82. The predicted molar refractivity (Wildman–Crippen MR) is 96.0 cm³/mol. The van der Waals surface area contributed by atoms with E-state index in [1.807, 2.05) is 19.1 Å². The maximum Gasteiger partial charge on any atom is 0.334 e. The molecule has 0 spiro atoms. The summed E-state index contributed by atoms with van der Waals surface area (Å²) in [6.07, 6.45) is 3.36. The molecule has 0 unspecified atom stereocenters. The number of rotatable bonds is 2. The van der Waals surface area contributed by atoms with Gasteiger partial charge in [-0.1, -0.05) is 0 Å². The molecule has 1 N–H and O–H groups in total. The molecule has 0 aliphatic heterocycles. The van der Waals surface area contributed by atoms with Crippen LogP contribution < -0.4 is 11.2 Å². The third-order valence-electron chi connectivity index (χ3n) is 4.01. The topological polar surface area (TPSA) is 67.8 Å². The van der Waals surface area contributed by atoms with E-state index in [-0.39, 0.29) is 0 Å². The monoisotopic (exact) mass is 353 g/mol. The zero-order chi connectivity index (χ0) is 17.6. The van der Waals surface area contributed by atoms with Gasteiger partial charge in [-0.15, -0.1) is 11.3 Å². The Bertz CT molecular complexity index is 1190. The maximum atomic E-state index is 13.1. The summed E-state index contributed by atoms with van der Waals surface area (Å²) in [4.78, 5) is 33.5. The molecule has 1 aromatic carbocycles. The summed E-state index contributed by atoms with van der Waals surface area (Å²) in [5, 5.41) is 0.459. The Morgan fingerprint density at radius 1 is 1.08 bits per heavy atom. The van der Waals surface area contributed by atoms with E-state index in [4.69, 9.17) is 0 Å². The largest absolute Gasteiger partial charge is 0.334 e. The SMILES string of the molecule is Cc1c(-c2ccncc2)sc2[nH]c(=O)n(-c3ccc(F)cc3)c(=O)c12. The van der Waals surface area contributed by atoms with Gasteiger partial charge >= 0.3 is 5.69 Å². The number of aryl methyl sites for hydroxylation is 1. The van der Waals surface area contributed by atoms with Crippen molar-refractivity contribution >= 4 is 21.6 Å². The molecule has 0 bridgehead atoms. The van der Waals surface area contributed by atoms with E-state index in [1.54, 1.807) is 12.4 Å². The molecule has 0 saturated carbocycles. The maximum absolute atomic E-state index is 13.1. The molecule has 0 fully saturated rings. The van der Waals surface area contributed by atoms with Crippen LogP contribution in [0, 0.1) is 12.7 Å². The molecule has 7 heteroatoms. The van der Waals surface area contributed by atoms with Gasteiger partial charge in [0.25, 0.3) is 5.56 Å². The Morgan fingerprint density at radius 2 is 1.76 bits per heavy atom. The highest BCUT2D eigenvalue weighted by molar-refractivity contribution is 7.22. The van der Waals surface area contributed by atoms with Crippen molar-refractivity contribution in [3.05, 3.63) is 81.0 Å². The van der Waals surface area contributed by atoms with E-state index >= 15 is 0 Å². The van der Waals surface area contributed by atoms with Crippen molar-refractivity contribution in [2.24, 2.45) is 0 Å². The summed E-state index contributed by atoms with van der Waals surface area (Å²) in [6, 6.07) is 8.96. The van der Waals surface area contributed by atoms with Gasteiger partial charge in [-0.2, -0.15) is 0 Å². The first-order chi connectivity index (χ1) is 12.1. The molecule has 0 saturated heterocycles. The van der Waals surface area contributed by atoms with Gasteiger partial charge in [0, 0.05) is 17.3 Å². The number of pyridine rings is 1. The molecule has 0 amide bonds. The zero-order valence-corrected chi connectivity index (χ0v) is 13.9. The summed E-state index contributed by atoms with van der Waals surface area (Å²) in [7, 11) is 0. The quantitative estimate of drug-likeness (QED) is 0.601. The second-order valence-corrected chi connectivity index (χ2v) is 6.56. The van der Waals surface area contributed by atoms with Crippen molar-refractivity contribution in [1.29, 1.82) is 0 Å². The normalized spacial score (nSPS) is 11.1. The van der Waals surface area contributed by atoms with Gasteiger partial charge in [-0.05, 0) is 54.4 Å². The van der Waals surface area contributed by atoms with E-state index in [0.717, 1.165) is 20.6 Å². The van der Waals surface area contributed by atoms with Crippen molar-refractivity contribution in [3.63, 3.8) is 0 Å². The minimum atomic E-state index is -0.549. The van der Waals surface area contributed by atoms with Crippen molar-refractivity contribution in [2.75, 3.05) is 0 Å². The summed E-state index contributed by atoms with van der Waals surface area (Å²) >= 11 is 1.36. The van der Waals surface area contributed by atoms with E-state index in [0.29, 0.717) is 15.9 Å². The number of aromatic amines is 1. The van der Waals surface area contributed by atoms with Crippen LogP contribution in [0.3, 0.4) is 0 Å². The number of hydrogen-bond donors (Lipinski definition) is 1. The third-order valence-corrected chi connectivity index (χ3v) is 5.27. The summed E-state index contributed by atoms with van der Waals surface area (Å²) < 4.78 is 14.2. The number of hydrogen-bond acceptors (Lipinski definition) is 4. The molecule has 3 heterocycles. The third kappa shape index (κ3) is 2.49. The lowest BCUT2D eigenvalue weighted by Gasteiger charge is -2.05. The van der Waals surface area contributed by atoms with Gasteiger partial charge in [0.15, 0.2) is 0 Å². The lowest BCUT2D eigenvalue weighted by Crippen LogP contribution is -2.33. The average Bonchev–Trinajstić information content (AvgIpc) is 2.94. The predicted octanol–water partition coefficient (Wildman–Crippen LogP) is 3.25. The molecule has 0 atom stereocenters. The highest BCUT2D eigenvalue weighted by Crippen LogP contribution is 2.34. The number of halogens is 1. The Morgan fingerprint density at radius 3 is 2.44 bits per heavy atom. The van der Waals surface area contributed by atoms with E-state index in [1.165, 1.54) is 35.6 Å². The Kier molecular flexibility index (Phi) is 3.58. The number of benzene rings is 1. The van der Waals surface area contributed by atoms with Crippen molar-refractivity contribution in [3.8, 4) is 16.1 Å². The summed E-state index contributed by atoms with van der Waals surface area (Å²) in [5.41, 5.74) is 1.09. The lowest BCUT2D eigenvalue weighted by molar-refractivity contribution is 0.627. The lowest BCUT2D eigenvalue weighted by atomic mass is 10.1. The van der Waals surface area contributed by atoms with Crippen LogP contribution in [0.25, 0.3) is 26.3 Å². The van der Waals surface area contributed by atoms with Crippen LogP contribution in [-0.2, 0) is 0 Å². The number of thiophene rings is 1. The van der Waals surface area contributed by atoms with Crippen LogP contribution in [0.2, 0.25) is 0 Å². The minimum Gasteiger partial charge on any atom is -0.298 e. The molecule has 5 nitrogen and oxygen atoms in total. The van der Waals surface area contributed by atoms with Crippen LogP contribution in [0.5, 0.6) is 0 Å². The second-order valence-electron chi connectivity index (χ2n) is 5.54. The summed E-state index contributed by atoms with van der Waals surface area (Å²) in [5.74, 6) is -0.430. The number of nitrogens with one attached hydrogen (secondary N) is 1. The van der Waals surface area contributed by atoms with E-state index < -0.39 is 17.1 Å². The number of H-pyrrole nitrogens is 1. The fourth-order valence-corrected chi connectivity index (χ4v) is 4.01. The fraction of sp³-hybridized carbons (Fsp3) is 0.0556. The van der Waals surface area contributed by atoms with Gasteiger partial charge < -0.3 is 0 Å². The minimum absolute atomic E-state index is 0.325. The van der Waals surface area contributed by atoms with Crippen LogP contribution in [0.1, 0.15) is 5.56 Å². The number of nitrogens with zero attached hydrogens (tertiary/aromatic N) is 2. The van der Waals surface area contributed by atoms with Crippen LogP contribution in [0.4, 0.5) is 4.39 Å². The van der Waals surface area contributed by atoms with Gasteiger partial charge in [0.1, 0.15) is 10.6 Å². The van der Waals surface area contributed by atoms with Crippen LogP contribution >= 0.6 is 11.3 Å². The first kappa shape index (κ1) is 15.5.